The maximum atomic E-state index is 9.01. The van der Waals surface area contributed by atoms with Gasteiger partial charge in [0.2, 0.25) is 0 Å². The van der Waals surface area contributed by atoms with Gasteiger partial charge in [0, 0.05) is 23.7 Å². The van der Waals surface area contributed by atoms with Gasteiger partial charge in [0.1, 0.15) is 6.33 Å². The summed E-state index contributed by atoms with van der Waals surface area (Å²) < 4.78 is 3.64. The SMILES string of the molecule is Cc1nn(-c2cc(Cc3c(C)nn(-c4ccc(C#N)cc4)c3C)ncn2)c(C)c1Cl. The van der Waals surface area contributed by atoms with Crippen molar-refractivity contribution in [2.45, 2.75) is 34.1 Å². The van der Waals surface area contributed by atoms with Crippen molar-refractivity contribution in [3.8, 4) is 17.6 Å². The summed E-state index contributed by atoms with van der Waals surface area (Å²) in [4.78, 5) is 8.81. The minimum absolute atomic E-state index is 0.622. The van der Waals surface area contributed by atoms with Crippen LogP contribution in [-0.2, 0) is 6.42 Å². The molecule has 0 spiro atoms. The molecule has 4 rings (SSSR count). The maximum Gasteiger partial charge on any atom is 0.157 e. The van der Waals surface area contributed by atoms with Gasteiger partial charge in [-0.2, -0.15) is 15.5 Å². The molecule has 150 valence electrons. The Kier molecular flexibility index (Phi) is 5.10. The Morgan fingerprint density at radius 2 is 1.63 bits per heavy atom. The second-order valence-electron chi connectivity index (χ2n) is 7.16. The van der Waals surface area contributed by atoms with Crippen LogP contribution in [0.1, 0.15) is 39.6 Å². The molecular weight excluding hydrogens is 398 g/mol. The summed E-state index contributed by atoms with van der Waals surface area (Å²) >= 11 is 6.28. The topological polar surface area (TPSA) is 85.2 Å². The Hall–Kier alpha value is -3.50. The Bertz CT molecular complexity index is 1280. The third-order valence-corrected chi connectivity index (χ3v) is 5.72. The van der Waals surface area contributed by atoms with Crippen molar-refractivity contribution in [3.63, 3.8) is 0 Å². The van der Waals surface area contributed by atoms with Gasteiger partial charge in [0.05, 0.1) is 45.1 Å². The van der Waals surface area contributed by atoms with Gasteiger partial charge in [0.15, 0.2) is 5.82 Å². The number of aryl methyl sites for hydroxylation is 2. The van der Waals surface area contributed by atoms with Crippen LogP contribution in [0.2, 0.25) is 5.02 Å². The van der Waals surface area contributed by atoms with Gasteiger partial charge < -0.3 is 0 Å². The van der Waals surface area contributed by atoms with Crippen molar-refractivity contribution in [1.82, 2.24) is 29.5 Å². The molecule has 0 N–H and O–H groups in total. The van der Waals surface area contributed by atoms with Crippen LogP contribution >= 0.6 is 11.6 Å². The van der Waals surface area contributed by atoms with E-state index in [0.717, 1.165) is 39.7 Å². The first kappa shape index (κ1) is 19.8. The van der Waals surface area contributed by atoms with Crippen LogP contribution in [-0.4, -0.2) is 29.5 Å². The first-order valence-electron chi connectivity index (χ1n) is 9.47. The predicted octanol–water partition coefficient (Wildman–Crippen LogP) is 4.20. The molecule has 0 saturated heterocycles. The Morgan fingerprint density at radius 1 is 0.933 bits per heavy atom. The number of nitriles is 1. The average molecular weight is 418 g/mol. The summed E-state index contributed by atoms with van der Waals surface area (Å²) in [5.74, 6) is 0.683. The molecule has 0 saturated carbocycles. The van der Waals surface area contributed by atoms with Gasteiger partial charge in [-0.1, -0.05) is 11.6 Å². The molecule has 3 aromatic heterocycles. The minimum atomic E-state index is 0.622. The summed E-state index contributed by atoms with van der Waals surface area (Å²) in [5, 5.41) is 18.8. The highest BCUT2D eigenvalue weighted by atomic mass is 35.5. The van der Waals surface area contributed by atoms with Crippen molar-refractivity contribution >= 4 is 11.6 Å². The Morgan fingerprint density at radius 3 is 2.27 bits per heavy atom. The fourth-order valence-electron chi connectivity index (χ4n) is 3.49. The van der Waals surface area contributed by atoms with Crippen molar-refractivity contribution in [3.05, 3.63) is 81.3 Å². The lowest BCUT2D eigenvalue weighted by Crippen LogP contribution is -2.05. The van der Waals surface area contributed by atoms with E-state index in [9.17, 15) is 0 Å². The van der Waals surface area contributed by atoms with Crippen molar-refractivity contribution < 1.29 is 0 Å². The van der Waals surface area contributed by atoms with Crippen LogP contribution in [0.4, 0.5) is 0 Å². The fourth-order valence-corrected chi connectivity index (χ4v) is 3.60. The third-order valence-electron chi connectivity index (χ3n) is 5.17. The molecular formula is C22H20ClN7. The van der Waals surface area contributed by atoms with E-state index in [-0.39, 0.29) is 0 Å². The van der Waals surface area contributed by atoms with E-state index < -0.39 is 0 Å². The quantitative estimate of drug-likeness (QED) is 0.496. The van der Waals surface area contributed by atoms with Crippen LogP contribution in [0.25, 0.3) is 11.5 Å². The van der Waals surface area contributed by atoms with Crippen LogP contribution in [0.3, 0.4) is 0 Å². The lowest BCUT2D eigenvalue weighted by molar-refractivity contribution is 0.794. The number of halogens is 1. The molecule has 4 aromatic rings. The van der Waals surface area contributed by atoms with Crippen molar-refractivity contribution in [2.24, 2.45) is 0 Å². The lowest BCUT2D eigenvalue weighted by atomic mass is 10.1. The van der Waals surface area contributed by atoms with Gasteiger partial charge >= 0.3 is 0 Å². The van der Waals surface area contributed by atoms with Gasteiger partial charge in [-0.05, 0) is 52.0 Å². The molecule has 3 heterocycles. The summed E-state index contributed by atoms with van der Waals surface area (Å²) in [6, 6.07) is 11.4. The fraction of sp³-hybridized carbons (Fsp3) is 0.227. The van der Waals surface area contributed by atoms with Gasteiger partial charge in [-0.15, -0.1) is 0 Å². The molecule has 0 aliphatic rings. The zero-order valence-corrected chi connectivity index (χ0v) is 17.9. The molecule has 0 amide bonds. The molecule has 0 radical (unpaired) electrons. The highest BCUT2D eigenvalue weighted by molar-refractivity contribution is 6.31. The molecule has 0 bridgehead atoms. The van der Waals surface area contributed by atoms with Crippen LogP contribution in [0.5, 0.6) is 0 Å². The molecule has 0 aliphatic heterocycles. The molecule has 30 heavy (non-hydrogen) atoms. The smallest absolute Gasteiger partial charge is 0.157 e. The zero-order valence-electron chi connectivity index (χ0n) is 17.2. The standard InChI is InChI=1S/C22H20ClN7/c1-13-20(15(3)29(27-13)19-7-5-17(11-24)6-8-19)9-18-10-21(26-12-25-18)30-16(4)22(23)14(2)28-30/h5-8,10,12H,9H2,1-4H3. The summed E-state index contributed by atoms with van der Waals surface area (Å²) in [7, 11) is 0. The second kappa shape index (κ2) is 7.73. The number of hydrogen-bond acceptors (Lipinski definition) is 5. The van der Waals surface area contributed by atoms with E-state index in [1.807, 2.05) is 50.6 Å². The van der Waals surface area contributed by atoms with Crippen molar-refractivity contribution in [2.75, 3.05) is 0 Å². The number of nitrogens with zero attached hydrogens (tertiary/aromatic N) is 7. The van der Waals surface area contributed by atoms with Crippen molar-refractivity contribution in [1.29, 1.82) is 5.26 Å². The van der Waals surface area contributed by atoms with E-state index in [1.165, 1.54) is 0 Å². The largest absolute Gasteiger partial charge is 0.241 e. The summed E-state index contributed by atoms with van der Waals surface area (Å²) in [5.41, 5.74) is 7.10. The van der Waals surface area contributed by atoms with E-state index >= 15 is 0 Å². The molecule has 0 aliphatic carbocycles. The second-order valence-corrected chi connectivity index (χ2v) is 7.54. The minimum Gasteiger partial charge on any atom is -0.241 e. The normalized spacial score (nSPS) is 10.9. The number of rotatable bonds is 4. The van der Waals surface area contributed by atoms with Gasteiger partial charge in [-0.25, -0.2) is 19.3 Å². The average Bonchev–Trinajstić information content (AvgIpc) is 3.18. The first-order chi connectivity index (χ1) is 14.4. The van der Waals surface area contributed by atoms with E-state index in [1.54, 1.807) is 23.1 Å². The van der Waals surface area contributed by atoms with E-state index in [2.05, 4.69) is 21.1 Å². The molecule has 1 aromatic carbocycles. The summed E-state index contributed by atoms with van der Waals surface area (Å²) in [6.07, 6.45) is 2.17. The van der Waals surface area contributed by atoms with Gasteiger partial charge in [0.25, 0.3) is 0 Å². The first-order valence-corrected chi connectivity index (χ1v) is 9.85. The molecule has 7 nitrogen and oxygen atoms in total. The monoisotopic (exact) mass is 417 g/mol. The van der Waals surface area contributed by atoms with Crippen LogP contribution in [0, 0.1) is 39.0 Å². The number of aromatic nitrogens is 6. The Labute approximate surface area is 179 Å². The van der Waals surface area contributed by atoms with Gasteiger partial charge in [-0.3, -0.25) is 0 Å². The Balaban J connectivity index is 1.67. The molecule has 8 heteroatoms. The van der Waals surface area contributed by atoms with Crippen LogP contribution < -0.4 is 0 Å². The van der Waals surface area contributed by atoms with E-state index in [4.69, 9.17) is 22.0 Å². The number of hydrogen-bond donors (Lipinski definition) is 0. The maximum absolute atomic E-state index is 9.01. The number of benzene rings is 1. The van der Waals surface area contributed by atoms with Crippen LogP contribution in [0.15, 0.2) is 36.7 Å². The zero-order chi connectivity index (χ0) is 21.4. The van der Waals surface area contributed by atoms with E-state index in [0.29, 0.717) is 22.8 Å². The highest BCUT2D eigenvalue weighted by Gasteiger charge is 2.16. The predicted molar refractivity (Wildman–Crippen MR) is 114 cm³/mol. The highest BCUT2D eigenvalue weighted by Crippen LogP contribution is 2.23. The lowest BCUT2D eigenvalue weighted by Gasteiger charge is -2.07. The molecule has 0 unspecified atom stereocenters. The molecule has 0 fully saturated rings. The molecule has 0 atom stereocenters. The third kappa shape index (κ3) is 3.46. The summed E-state index contributed by atoms with van der Waals surface area (Å²) in [6.45, 7) is 7.82.